The number of likely N-dealkylation sites (N-methyl/N-ethyl adjacent to an activating group) is 1. The summed E-state index contributed by atoms with van der Waals surface area (Å²) in [6.45, 7) is 2.56. The Morgan fingerprint density at radius 1 is 1.02 bits per heavy atom. The Morgan fingerprint density at radius 2 is 1.69 bits per heavy atom. The molecule has 5 aliphatic heterocycles. The molecule has 0 aliphatic carbocycles. The molecule has 0 saturated carbocycles. The van der Waals surface area contributed by atoms with Crippen LogP contribution in [0.2, 0.25) is 0 Å². The molecular weight excluding hydrogens is 851 g/mol. The lowest BCUT2D eigenvalue weighted by atomic mass is 10.0. The molecule has 59 heavy (non-hydrogen) atoms. The number of ether oxygens (including phenoxy) is 1. The van der Waals surface area contributed by atoms with Gasteiger partial charge in [-0.3, -0.25) is 29.0 Å². The maximum Gasteiger partial charge on any atom is 0.352 e. The zero-order chi connectivity index (χ0) is 42.2. The molecule has 25 heteroatoms. The first-order valence-electron chi connectivity index (χ1n) is 18.0. The number of hydrogen-bond acceptors (Lipinski definition) is 19. The minimum Gasteiger partial charge on any atom is -0.477 e. The number of fused-ring (bicyclic) bond motifs is 1. The lowest BCUT2D eigenvalue weighted by Crippen LogP contribution is -2.71. The molecule has 0 bridgehead atoms. The first kappa shape index (κ1) is 41.9. The summed E-state index contributed by atoms with van der Waals surface area (Å²) in [4.78, 5) is 101. The summed E-state index contributed by atoms with van der Waals surface area (Å²) in [7, 11) is 5.76. The number of thiazole rings is 2. The van der Waals surface area contributed by atoms with E-state index in [1.54, 1.807) is 0 Å². The Morgan fingerprint density at radius 3 is 2.34 bits per heavy atom. The van der Waals surface area contributed by atoms with Crippen molar-refractivity contribution in [2.24, 2.45) is 10.3 Å². The van der Waals surface area contributed by atoms with E-state index in [2.05, 4.69) is 43.3 Å². The summed E-state index contributed by atoms with van der Waals surface area (Å²) in [6, 6.07) is -2.30. The largest absolute Gasteiger partial charge is 0.477 e. The molecule has 5 aliphatic rings. The number of thioether (sulfide) groups is 2. The normalized spacial score (nSPS) is 23.2. The van der Waals surface area contributed by atoms with Crippen molar-refractivity contribution in [3.05, 3.63) is 44.7 Å². The third-order valence-corrected chi connectivity index (χ3v) is 14.4. The Bertz CT molecular complexity index is 2210. The van der Waals surface area contributed by atoms with E-state index in [9.17, 15) is 33.9 Å². The van der Waals surface area contributed by atoms with Crippen molar-refractivity contribution in [3.8, 4) is 0 Å². The second-order valence-corrected chi connectivity index (χ2v) is 18.1. The molecule has 4 atom stereocenters. The van der Waals surface area contributed by atoms with Crippen LogP contribution in [0.4, 0.5) is 10.3 Å². The fourth-order valence-corrected chi connectivity index (χ4v) is 11.3. The Labute approximate surface area is 353 Å². The van der Waals surface area contributed by atoms with Crippen molar-refractivity contribution in [1.29, 1.82) is 0 Å². The predicted octanol–water partition coefficient (Wildman–Crippen LogP) is -0.517. The number of aromatic nitrogens is 2. The fourth-order valence-electron chi connectivity index (χ4n) is 7.43. The summed E-state index contributed by atoms with van der Waals surface area (Å²) < 4.78 is 5.71. The van der Waals surface area contributed by atoms with Crippen LogP contribution < -0.4 is 26.6 Å². The number of carbonyl (C=O) groups is 6. The van der Waals surface area contributed by atoms with E-state index in [0.717, 1.165) is 53.1 Å². The molecule has 0 radical (unpaired) electrons. The number of carbonyl (C=O) groups excluding carboxylic acids is 5. The minimum absolute atomic E-state index is 0.0231. The highest BCUT2D eigenvalue weighted by Gasteiger charge is 2.55. The average Bonchev–Trinajstić information content (AvgIpc) is 4.04. The van der Waals surface area contributed by atoms with E-state index in [1.165, 1.54) is 65.4 Å². The van der Waals surface area contributed by atoms with Gasteiger partial charge in [-0.15, -0.1) is 46.2 Å². The maximum atomic E-state index is 13.8. The monoisotopic (exact) mass is 890 g/mol. The standard InChI is InChI=1S/C34H39N11O10S4/c1-45(7-5-6-8-45)10-16-12-57-30-23(29(49)44(30)24(16)31(50)51)39-26(47)21(42-55-4)18-14-59-34(37-18)43-9-15-11-56-27(40-19(15)28(43)48)22(32(52)53-2)38-25(46)20(41-54-3)17-13-58-33(35)36-17/h13-14,22-23,27,30,40H,5-12H2,1-4H3,(H4-,35,36,38,39,46,47,50,51)/p+1/b41-20-,42-21-/t22?,23-,27?,30-/m1/s1. The quantitative estimate of drug-likeness (QED) is 0.0525. The van der Waals surface area contributed by atoms with E-state index in [4.69, 9.17) is 20.1 Å². The van der Waals surface area contributed by atoms with Crippen LogP contribution in [0, 0.1) is 0 Å². The van der Waals surface area contributed by atoms with Gasteiger partial charge in [0.2, 0.25) is 0 Å². The van der Waals surface area contributed by atoms with Crippen LogP contribution in [0.25, 0.3) is 0 Å². The highest BCUT2D eigenvalue weighted by atomic mass is 32.2. The topological polar surface area (TPSA) is 269 Å². The highest BCUT2D eigenvalue weighted by molar-refractivity contribution is 8.00. The summed E-state index contributed by atoms with van der Waals surface area (Å²) in [5.41, 5.74) is 7.06. The number of hydrogen-bond donors (Lipinski definition) is 5. The van der Waals surface area contributed by atoms with E-state index in [0.29, 0.717) is 29.2 Å². The number of nitrogen functional groups attached to an aromatic ring is 1. The molecule has 0 aromatic carbocycles. The maximum absolute atomic E-state index is 13.8. The number of anilines is 2. The number of nitrogens with one attached hydrogen (secondary N) is 3. The first-order valence-corrected chi connectivity index (χ1v) is 21.9. The lowest BCUT2D eigenvalue weighted by Gasteiger charge is -2.49. The van der Waals surface area contributed by atoms with Crippen molar-refractivity contribution in [3.63, 3.8) is 0 Å². The number of β-lactam (4-membered cyclic amide) rings is 1. The number of oxime groups is 2. The second-order valence-electron chi connectivity index (χ2n) is 14.1. The Kier molecular flexibility index (Phi) is 12.2. The predicted molar refractivity (Wildman–Crippen MR) is 218 cm³/mol. The van der Waals surface area contributed by atoms with Crippen molar-refractivity contribution < 1.29 is 52.8 Å². The molecule has 2 aromatic rings. The van der Waals surface area contributed by atoms with Crippen LogP contribution >= 0.6 is 46.2 Å². The van der Waals surface area contributed by atoms with Gasteiger partial charge in [-0.25, -0.2) is 19.6 Å². The van der Waals surface area contributed by atoms with Gasteiger partial charge in [0.05, 0.1) is 33.8 Å². The molecule has 6 N–H and O–H groups in total. The Hall–Kier alpha value is -5.24. The van der Waals surface area contributed by atoms with Crippen molar-refractivity contribution in [1.82, 2.24) is 30.8 Å². The molecular formula is C34H40N11O10S4+. The Balaban J connectivity index is 1.01. The van der Waals surface area contributed by atoms with Crippen LogP contribution in [0.5, 0.6) is 0 Å². The second kappa shape index (κ2) is 17.2. The van der Waals surface area contributed by atoms with Gasteiger partial charge in [0, 0.05) is 40.7 Å². The lowest BCUT2D eigenvalue weighted by molar-refractivity contribution is -0.893. The van der Waals surface area contributed by atoms with Gasteiger partial charge in [0.25, 0.3) is 23.6 Å². The number of aliphatic carboxylic acids is 1. The third kappa shape index (κ3) is 8.20. The number of amides is 4. The van der Waals surface area contributed by atoms with Crippen LogP contribution in [0.15, 0.2) is 43.6 Å². The molecule has 7 heterocycles. The van der Waals surface area contributed by atoms with Crippen LogP contribution in [0.3, 0.4) is 0 Å². The van der Waals surface area contributed by atoms with Crippen molar-refractivity contribution in [2.45, 2.75) is 35.7 Å². The minimum atomic E-state index is -1.28. The summed E-state index contributed by atoms with van der Waals surface area (Å²) in [6.07, 6.45) is 2.13. The average molecular weight is 891 g/mol. The summed E-state index contributed by atoms with van der Waals surface area (Å²) >= 11 is 4.81. The highest BCUT2D eigenvalue weighted by Crippen LogP contribution is 2.41. The number of methoxy groups -OCH3 is 1. The van der Waals surface area contributed by atoms with E-state index < -0.39 is 58.4 Å². The summed E-state index contributed by atoms with van der Waals surface area (Å²) in [5.74, 6) is -3.83. The van der Waals surface area contributed by atoms with Crippen molar-refractivity contribution in [2.75, 3.05) is 76.7 Å². The SMILES string of the molecule is CO/N=C(\C(=O)NC(C(=O)OC)C1NC2=C(CS1)CN(c1nc(/C(=N/OC)C(=O)N[C@@H]3C(=O)N4C(C(=O)O)=C(C[N+]5(C)CCCC5)CS[C@H]34)cs1)C2=O)c1csc(N)n1. The molecule has 0 spiro atoms. The summed E-state index contributed by atoms with van der Waals surface area (Å²) in [5, 5.41) is 28.2. The smallest absolute Gasteiger partial charge is 0.352 e. The molecule has 2 saturated heterocycles. The van der Waals surface area contributed by atoms with Crippen LogP contribution in [0.1, 0.15) is 24.2 Å². The van der Waals surface area contributed by atoms with Gasteiger partial charge < -0.3 is 45.7 Å². The molecule has 2 fully saturated rings. The van der Waals surface area contributed by atoms with E-state index >= 15 is 0 Å². The van der Waals surface area contributed by atoms with Gasteiger partial charge in [-0.1, -0.05) is 10.3 Å². The van der Waals surface area contributed by atoms with Crippen LogP contribution in [-0.4, -0.2) is 160 Å². The van der Waals surface area contributed by atoms with Crippen molar-refractivity contribution >= 4 is 103 Å². The number of quaternary nitrogens is 1. The zero-order valence-electron chi connectivity index (χ0n) is 32.1. The van der Waals surface area contributed by atoms with E-state index in [-0.39, 0.29) is 51.0 Å². The number of nitrogens with zero attached hydrogens (tertiary/aromatic N) is 7. The van der Waals surface area contributed by atoms with Gasteiger partial charge in [-0.05, 0) is 5.57 Å². The molecule has 7 rings (SSSR count). The molecule has 2 unspecified atom stereocenters. The van der Waals surface area contributed by atoms with Gasteiger partial charge in [-0.2, -0.15) is 0 Å². The number of carboxylic acids is 1. The van der Waals surface area contributed by atoms with Gasteiger partial charge in [0.15, 0.2) is 27.7 Å². The number of carboxylic acid groups (broad SMARTS) is 1. The molecule has 2 aromatic heterocycles. The van der Waals surface area contributed by atoms with Gasteiger partial charge >= 0.3 is 11.9 Å². The molecule has 21 nitrogen and oxygen atoms in total. The number of nitrogens with two attached hydrogens (primary N) is 1. The van der Waals surface area contributed by atoms with E-state index in [1.807, 2.05) is 0 Å². The number of esters is 1. The third-order valence-electron chi connectivity index (χ3n) is 10.2. The number of likely N-dealkylation sites (tertiary alicyclic amines) is 1. The molecule has 314 valence electrons. The molecule has 4 amide bonds. The van der Waals surface area contributed by atoms with Gasteiger partial charge in [0.1, 0.15) is 60.3 Å². The zero-order valence-corrected chi connectivity index (χ0v) is 35.3. The number of rotatable bonds is 14. The first-order chi connectivity index (χ1) is 28.3. The van der Waals surface area contributed by atoms with Crippen LogP contribution in [-0.2, 0) is 43.2 Å². The fraction of sp³-hybridized carbons (Fsp3) is 0.471.